The van der Waals surface area contributed by atoms with E-state index in [4.69, 9.17) is 11.6 Å². The predicted octanol–water partition coefficient (Wildman–Crippen LogP) is 3.79. The number of carbonyl (C=O) groups excluding carboxylic acids is 1. The topological polar surface area (TPSA) is 56.2 Å². The standard InChI is InChI=1S/C18H19ClF3N3O2/c1-12-15(17(19)25(2)24-12)7-8-16(26)23-9-13-3-5-14(6-4-13)10-27-11-18(20,21)22/h3-8H,9-11H2,1-2H3,(H,23,26)/b8-7+. The first kappa shape index (κ1) is 21.0. The second kappa shape index (κ2) is 9.05. The predicted molar refractivity (Wildman–Crippen MR) is 96.0 cm³/mol. The molecule has 0 atom stereocenters. The van der Waals surface area contributed by atoms with Crippen LogP contribution in [0.2, 0.25) is 5.15 Å². The van der Waals surface area contributed by atoms with Crippen molar-refractivity contribution in [3.05, 3.63) is 57.9 Å². The largest absolute Gasteiger partial charge is 0.411 e. The maximum Gasteiger partial charge on any atom is 0.411 e. The molecule has 0 fully saturated rings. The molecule has 9 heteroatoms. The van der Waals surface area contributed by atoms with Gasteiger partial charge in [0, 0.05) is 25.2 Å². The number of carbonyl (C=O) groups is 1. The maximum atomic E-state index is 12.0. The zero-order chi connectivity index (χ0) is 20.0. The van der Waals surface area contributed by atoms with E-state index in [1.807, 2.05) is 0 Å². The van der Waals surface area contributed by atoms with Gasteiger partial charge in [-0.25, -0.2) is 0 Å². The Hall–Kier alpha value is -2.32. The van der Waals surface area contributed by atoms with Crippen LogP contribution in [0, 0.1) is 6.92 Å². The molecule has 0 aliphatic rings. The number of halogens is 4. The third-order valence-electron chi connectivity index (χ3n) is 3.62. The summed E-state index contributed by atoms with van der Waals surface area (Å²) in [6.07, 6.45) is -1.37. The average Bonchev–Trinajstić information content (AvgIpc) is 2.83. The minimum absolute atomic E-state index is 0.125. The van der Waals surface area contributed by atoms with Gasteiger partial charge in [0.15, 0.2) is 0 Å². The van der Waals surface area contributed by atoms with Gasteiger partial charge in [-0.2, -0.15) is 18.3 Å². The van der Waals surface area contributed by atoms with Gasteiger partial charge in [0.1, 0.15) is 11.8 Å². The number of nitrogens with one attached hydrogen (secondary N) is 1. The molecule has 146 valence electrons. The number of aromatic nitrogens is 2. The molecule has 0 bridgehead atoms. The molecule has 1 heterocycles. The maximum absolute atomic E-state index is 12.0. The lowest BCUT2D eigenvalue weighted by molar-refractivity contribution is -0.176. The summed E-state index contributed by atoms with van der Waals surface area (Å²) in [6.45, 7) is 0.674. The van der Waals surface area contributed by atoms with Crippen LogP contribution in [-0.4, -0.2) is 28.5 Å². The van der Waals surface area contributed by atoms with Crippen LogP contribution in [0.5, 0.6) is 0 Å². The van der Waals surface area contributed by atoms with Crippen LogP contribution >= 0.6 is 11.6 Å². The van der Waals surface area contributed by atoms with E-state index in [0.29, 0.717) is 16.3 Å². The summed E-state index contributed by atoms with van der Waals surface area (Å²) in [5.74, 6) is -0.299. The summed E-state index contributed by atoms with van der Waals surface area (Å²) in [4.78, 5) is 11.9. The Balaban J connectivity index is 1.82. The summed E-state index contributed by atoms with van der Waals surface area (Å²) in [5.41, 5.74) is 2.83. The van der Waals surface area contributed by atoms with Gasteiger partial charge in [0.05, 0.1) is 12.3 Å². The van der Waals surface area contributed by atoms with Gasteiger partial charge in [0.25, 0.3) is 0 Å². The van der Waals surface area contributed by atoms with Crippen LogP contribution in [0.15, 0.2) is 30.3 Å². The van der Waals surface area contributed by atoms with Gasteiger partial charge < -0.3 is 10.1 Å². The Bertz CT molecular complexity index is 814. The van der Waals surface area contributed by atoms with Crippen molar-refractivity contribution in [1.82, 2.24) is 15.1 Å². The summed E-state index contributed by atoms with van der Waals surface area (Å²) >= 11 is 6.09. The summed E-state index contributed by atoms with van der Waals surface area (Å²) in [5, 5.41) is 7.32. The molecule has 0 unspecified atom stereocenters. The highest BCUT2D eigenvalue weighted by atomic mass is 35.5. The van der Waals surface area contributed by atoms with E-state index >= 15 is 0 Å². The fourth-order valence-corrected chi connectivity index (χ4v) is 2.52. The van der Waals surface area contributed by atoms with Gasteiger partial charge in [-0.05, 0) is 24.1 Å². The number of aryl methyl sites for hydroxylation is 2. The van der Waals surface area contributed by atoms with Gasteiger partial charge in [-0.1, -0.05) is 35.9 Å². The number of ether oxygens (including phenoxy) is 1. The van der Waals surface area contributed by atoms with E-state index in [2.05, 4.69) is 15.2 Å². The normalized spacial score (nSPS) is 11.9. The van der Waals surface area contributed by atoms with Crippen molar-refractivity contribution < 1.29 is 22.7 Å². The number of hydrogen-bond acceptors (Lipinski definition) is 3. The highest BCUT2D eigenvalue weighted by Crippen LogP contribution is 2.20. The SMILES string of the molecule is Cc1nn(C)c(Cl)c1/C=C/C(=O)NCc1ccc(COCC(F)(F)F)cc1. The first-order chi connectivity index (χ1) is 12.7. The van der Waals surface area contributed by atoms with E-state index in [-0.39, 0.29) is 19.1 Å². The first-order valence-corrected chi connectivity index (χ1v) is 8.41. The second-order valence-electron chi connectivity index (χ2n) is 5.89. The fraction of sp³-hybridized carbons (Fsp3) is 0.333. The highest BCUT2D eigenvalue weighted by molar-refractivity contribution is 6.31. The molecule has 5 nitrogen and oxygen atoms in total. The van der Waals surface area contributed by atoms with Crippen molar-refractivity contribution in [3.63, 3.8) is 0 Å². The molecule has 0 saturated carbocycles. The van der Waals surface area contributed by atoms with Crippen molar-refractivity contribution in [2.75, 3.05) is 6.61 Å². The lowest BCUT2D eigenvalue weighted by Crippen LogP contribution is -2.20. The molecule has 0 saturated heterocycles. The minimum Gasteiger partial charge on any atom is -0.367 e. The molecule has 0 radical (unpaired) electrons. The van der Waals surface area contributed by atoms with Gasteiger partial charge in [0.2, 0.25) is 5.91 Å². The zero-order valence-electron chi connectivity index (χ0n) is 14.8. The number of rotatable bonds is 7. The number of hydrogen-bond donors (Lipinski definition) is 1. The van der Waals surface area contributed by atoms with Crippen LogP contribution in [0.4, 0.5) is 13.2 Å². The summed E-state index contributed by atoms with van der Waals surface area (Å²) in [6, 6.07) is 6.76. The molecule has 0 aliphatic carbocycles. The average molecular weight is 402 g/mol. The lowest BCUT2D eigenvalue weighted by Gasteiger charge is -2.08. The van der Waals surface area contributed by atoms with Crippen molar-refractivity contribution in [2.24, 2.45) is 7.05 Å². The molecule has 1 aromatic carbocycles. The van der Waals surface area contributed by atoms with Crippen molar-refractivity contribution in [2.45, 2.75) is 26.3 Å². The first-order valence-electron chi connectivity index (χ1n) is 8.03. The van der Waals surface area contributed by atoms with Gasteiger partial charge >= 0.3 is 6.18 Å². The van der Waals surface area contributed by atoms with Crippen LogP contribution in [0.25, 0.3) is 6.08 Å². The quantitative estimate of drug-likeness (QED) is 0.718. The zero-order valence-corrected chi connectivity index (χ0v) is 15.6. The summed E-state index contributed by atoms with van der Waals surface area (Å²) < 4.78 is 42.2. The molecule has 1 amide bonds. The molecule has 0 aliphatic heterocycles. The lowest BCUT2D eigenvalue weighted by atomic mass is 10.1. The second-order valence-corrected chi connectivity index (χ2v) is 6.25. The molecule has 1 N–H and O–H groups in total. The van der Waals surface area contributed by atoms with Crippen LogP contribution in [0.3, 0.4) is 0 Å². The molecule has 27 heavy (non-hydrogen) atoms. The molecule has 2 rings (SSSR count). The molecule has 0 spiro atoms. The summed E-state index contributed by atoms with van der Waals surface area (Å²) in [7, 11) is 1.71. The Morgan fingerprint density at radius 3 is 2.48 bits per heavy atom. The molecule has 1 aromatic heterocycles. The van der Waals surface area contributed by atoms with Crippen LogP contribution < -0.4 is 5.32 Å². The van der Waals surface area contributed by atoms with E-state index < -0.39 is 12.8 Å². The molecular formula is C18H19ClF3N3O2. The van der Waals surface area contributed by atoms with E-state index in [0.717, 1.165) is 11.3 Å². The van der Waals surface area contributed by atoms with Gasteiger partial charge in [-0.3, -0.25) is 9.48 Å². The van der Waals surface area contributed by atoms with Crippen LogP contribution in [0.1, 0.15) is 22.4 Å². The monoisotopic (exact) mass is 401 g/mol. The Morgan fingerprint density at radius 1 is 1.30 bits per heavy atom. The van der Waals surface area contributed by atoms with Gasteiger partial charge in [-0.15, -0.1) is 0 Å². The minimum atomic E-state index is -4.34. The number of alkyl halides is 3. The van der Waals surface area contributed by atoms with Crippen molar-refractivity contribution >= 4 is 23.6 Å². The number of benzene rings is 1. The Labute approximate surface area is 159 Å². The van der Waals surface area contributed by atoms with E-state index in [1.165, 1.54) is 10.8 Å². The molecular weight excluding hydrogens is 383 g/mol. The van der Waals surface area contributed by atoms with E-state index in [9.17, 15) is 18.0 Å². The highest BCUT2D eigenvalue weighted by Gasteiger charge is 2.27. The third kappa shape index (κ3) is 6.73. The Kier molecular flexibility index (Phi) is 7.04. The van der Waals surface area contributed by atoms with Crippen molar-refractivity contribution in [3.8, 4) is 0 Å². The van der Waals surface area contributed by atoms with Crippen LogP contribution in [-0.2, 0) is 29.7 Å². The number of amides is 1. The van der Waals surface area contributed by atoms with Crippen molar-refractivity contribution in [1.29, 1.82) is 0 Å². The fourth-order valence-electron chi connectivity index (χ4n) is 2.28. The Morgan fingerprint density at radius 2 is 1.93 bits per heavy atom. The third-order valence-corrected chi connectivity index (χ3v) is 4.07. The molecule has 2 aromatic rings. The van der Waals surface area contributed by atoms with E-state index in [1.54, 1.807) is 44.3 Å². The number of nitrogens with zero attached hydrogens (tertiary/aromatic N) is 2. The smallest absolute Gasteiger partial charge is 0.367 e.